The first-order chi connectivity index (χ1) is 29.0. The molecule has 2 aromatic carbocycles. The highest BCUT2D eigenvalue weighted by atomic mass is 79.9. The first kappa shape index (κ1) is 41.0. The van der Waals surface area contributed by atoms with Crippen molar-refractivity contribution in [3.05, 3.63) is 134 Å². The Hall–Kier alpha value is -5.73. The summed E-state index contributed by atoms with van der Waals surface area (Å²) in [5.41, 5.74) is 11.7. The molecule has 0 aliphatic heterocycles. The second kappa shape index (κ2) is 18.3. The lowest BCUT2D eigenvalue weighted by Gasteiger charge is -2.15. The molecule has 0 spiro atoms. The highest BCUT2D eigenvalue weighted by Crippen LogP contribution is 2.26. The zero-order valence-corrected chi connectivity index (χ0v) is 37.3. The number of ether oxygens (including phenoxy) is 1. The van der Waals surface area contributed by atoms with Gasteiger partial charge in [0.2, 0.25) is 0 Å². The number of carbonyl (C=O) groups excluding carboxylic acids is 2. The van der Waals surface area contributed by atoms with Crippen LogP contribution in [0.3, 0.4) is 0 Å². The number of Topliss-reactive ketones (excluding diaryl/α,β-unsaturated/α-hetero) is 2. The van der Waals surface area contributed by atoms with Crippen LogP contribution in [0.2, 0.25) is 25.7 Å². The quantitative estimate of drug-likeness (QED) is 0.0544. The van der Waals surface area contributed by atoms with Crippen LogP contribution in [0.15, 0.2) is 99.7 Å². The molecule has 0 saturated heterocycles. The predicted octanol–water partition coefficient (Wildman–Crippen LogP) is 8.32. The molecule has 0 atom stereocenters. The van der Waals surface area contributed by atoms with Gasteiger partial charge in [-0.25, -0.2) is 14.6 Å². The molecule has 7 aromatic heterocycles. The molecule has 2 N–H and O–H groups in total. The SMILES string of the molecule is C[Si](C)(C)CCOCn1nc(C(=O)Cc2cnn(Cc3cscn3)c2)c2ccc(Br)cc21.O=C(Cc1cnn(Cc2cscn2)c1)c1n[nH]c2cc(-c3ccn[nH]3)ccc12. The second-order valence-corrected chi connectivity index (χ2v) is 23.4. The van der Waals surface area contributed by atoms with Gasteiger partial charge in [0.1, 0.15) is 18.1 Å². The normalized spacial score (nSPS) is 11.7. The summed E-state index contributed by atoms with van der Waals surface area (Å²) >= 11 is 6.63. The van der Waals surface area contributed by atoms with E-state index >= 15 is 0 Å². The molecular formula is C41H41BrN12O3S2Si. The van der Waals surface area contributed by atoms with Gasteiger partial charge in [0.25, 0.3) is 0 Å². The lowest BCUT2D eigenvalue weighted by molar-refractivity contribution is 0.0807. The smallest absolute Gasteiger partial charge is 0.188 e. The third-order valence-corrected chi connectivity index (χ3v) is 13.0. The van der Waals surface area contributed by atoms with Crippen LogP contribution in [0.25, 0.3) is 33.1 Å². The maximum Gasteiger partial charge on any atom is 0.188 e. The first-order valence-corrected chi connectivity index (χ1v) is 25.5. The van der Waals surface area contributed by atoms with Crippen molar-refractivity contribution in [3.63, 3.8) is 0 Å². The van der Waals surface area contributed by atoms with Gasteiger partial charge in [-0.05, 0) is 53.6 Å². The van der Waals surface area contributed by atoms with Crippen molar-refractivity contribution in [2.75, 3.05) is 6.61 Å². The van der Waals surface area contributed by atoms with Crippen molar-refractivity contribution >= 4 is 80.0 Å². The number of thiazole rings is 2. The number of nitrogens with zero attached hydrogens (tertiary/aromatic N) is 10. The zero-order chi connectivity index (χ0) is 41.6. The molecule has 60 heavy (non-hydrogen) atoms. The van der Waals surface area contributed by atoms with Gasteiger partial charge in [-0.2, -0.15) is 25.5 Å². The molecular weight excluding hydrogens is 881 g/mol. The van der Waals surface area contributed by atoms with Crippen LogP contribution >= 0.6 is 38.6 Å². The van der Waals surface area contributed by atoms with Crippen molar-refractivity contribution in [1.82, 2.24) is 59.7 Å². The third-order valence-electron chi connectivity index (χ3n) is 9.54. The topological polar surface area (TPSA) is 180 Å². The van der Waals surface area contributed by atoms with Crippen molar-refractivity contribution < 1.29 is 14.3 Å². The number of fused-ring (bicyclic) bond motifs is 2. The highest BCUT2D eigenvalue weighted by molar-refractivity contribution is 9.10. The Labute approximate surface area is 362 Å². The minimum absolute atomic E-state index is 0.0358. The number of hydrogen-bond acceptors (Lipinski definition) is 12. The average molecular weight is 922 g/mol. The van der Waals surface area contributed by atoms with E-state index in [0.717, 1.165) is 66.1 Å². The van der Waals surface area contributed by atoms with E-state index in [1.165, 1.54) is 0 Å². The summed E-state index contributed by atoms with van der Waals surface area (Å²) in [6.07, 6.45) is 9.43. The van der Waals surface area contributed by atoms with E-state index in [9.17, 15) is 9.59 Å². The molecule has 7 heterocycles. The van der Waals surface area contributed by atoms with Crippen LogP contribution in [-0.2, 0) is 37.4 Å². The van der Waals surface area contributed by atoms with E-state index in [1.807, 2.05) is 65.6 Å². The fourth-order valence-corrected chi connectivity index (χ4v) is 8.67. The molecule has 0 aliphatic rings. The Balaban J connectivity index is 0.000000167. The molecule has 0 bridgehead atoms. The second-order valence-electron chi connectivity index (χ2n) is 15.4. The van der Waals surface area contributed by atoms with Crippen molar-refractivity contribution in [2.45, 2.75) is 58.3 Å². The van der Waals surface area contributed by atoms with E-state index in [2.05, 4.69) is 81.2 Å². The Bertz CT molecular complexity index is 2840. The fraction of sp³-hybridized carbons (Fsp3) is 0.244. The van der Waals surface area contributed by atoms with E-state index in [0.29, 0.717) is 37.8 Å². The molecule has 19 heteroatoms. The summed E-state index contributed by atoms with van der Waals surface area (Å²) in [7, 11) is -1.16. The maximum absolute atomic E-state index is 13.1. The molecule has 0 unspecified atom stereocenters. The number of hydrogen-bond donors (Lipinski definition) is 2. The van der Waals surface area contributed by atoms with Crippen LogP contribution < -0.4 is 0 Å². The molecule has 0 radical (unpaired) electrons. The minimum atomic E-state index is -1.16. The van der Waals surface area contributed by atoms with Crippen LogP contribution in [0.5, 0.6) is 0 Å². The van der Waals surface area contributed by atoms with E-state index < -0.39 is 8.07 Å². The lowest BCUT2D eigenvalue weighted by atomic mass is 10.0. The number of rotatable bonds is 16. The van der Waals surface area contributed by atoms with Gasteiger partial charge >= 0.3 is 0 Å². The molecule has 9 aromatic rings. The lowest BCUT2D eigenvalue weighted by Crippen LogP contribution is -2.22. The van der Waals surface area contributed by atoms with Crippen LogP contribution in [0.4, 0.5) is 0 Å². The largest absolute Gasteiger partial charge is 0.360 e. The summed E-state index contributed by atoms with van der Waals surface area (Å²) in [6, 6.07) is 14.7. The van der Waals surface area contributed by atoms with E-state index in [-0.39, 0.29) is 24.4 Å². The zero-order valence-electron chi connectivity index (χ0n) is 33.1. The van der Waals surface area contributed by atoms with Gasteiger partial charge in [-0.3, -0.25) is 29.2 Å². The Morgan fingerprint density at radius 3 is 2.10 bits per heavy atom. The van der Waals surface area contributed by atoms with Crippen molar-refractivity contribution in [2.24, 2.45) is 0 Å². The number of halogens is 1. The Morgan fingerprint density at radius 1 is 0.817 bits per heavy atom. The van der Waals surface area contributed by atoms with Gasteiger partial charge in [0.05, 0.1) is 64.6 Å². The standard InChI is InChI=1S/C22H26BrN5O2SSi.C19H15N7OS/c1-32(2,3)7-6-30-15-28-20-9-17(23)4-5-19(20)22(26-28)21(29)8-16-10-25-27(11-16)12-18-13-31-14-24-18;27-18(5-12-7-22-26(8-12)9-14-10-28-11-20-14)19-15-2-1-13(6-17(15)24-25-19)16-3-4-21-23-16/h4-5,9-11,13-14H,6-8,12,15H2,1-3H3;1-4,6-8,10-11H,5,9H2,(H,21,23)(H,24,25). The van der Waals surface area contributed by atoms with Gasteiger partial charge in [-0.1, -0.05) is 41.6 Å². The molecule has 15 nitrogen and oxygen atoms in total. The Morgan fingerprint density at radius 2 is 1.48 bits per heavy atom. The molecule has 306 valence electrons. The number of aromatic amines is 2. The van der Waals surface area contributed by atoms with E-state index in [4.69, 9.17) is 4.74 Å². The van der Waals surface area contributed by atoms with E-state index in [1.54, 1.807) is 66.3 Å². The number of nitrogens with one attached hydrogen (secondary N) is 2. The van der Waals surface area contributed by atoms with Crippen LogP contribution in [0, 0.1) is 0 Å². The van der Waals surface area contributed by atoms with Crippen molar-refractivity contribution in [1.29, 1.82) is 0 Å². The highest BCUT2D eigenvalue weighted by Gasteiger charge is 2.20. The average Bonchev–Trinajstić information content (AvgIpc) is 4.07. The third kappa shape index (κ3) is 10.2. The molecule has 0 amide bonds. The van der Waals surface area contributed by atoms with Gasteiger partial charge in [0, 0.05) is 77.7 Å². The van der Waals surface area contributed by atoms with Gasteiger partial charge in [0.15, 0.2) is 11.6 Å². The fourth-order valence-electron chi connectivity index (χ4n) is 6.47. The number of aromatic nitrogens is 12. The monoisotopic (exact) mass is 920 g/mol. The molecule has 9 rings (SSSR count). The minimum Gasteiger partial charge on any atom is -0.360 e. The van der Waals surface area contributed by atoms with Gasteiger partial charge < -0.3 is 4.74 Å². The number of H-pyrrole nitrogens is 2. The summed E-state index contributed by atoms with van der Waals surface area (Å²) in [4.78, 5) is 34.5. The van der Waals surface area contributed by atoms with Gasteiger partial charge in [-0.15, -0.1) is 22.7 Å². The summed E-state index contributed by atoms with van der Waals surface area (Å²) < 4.78 is 12.2. The Kier molecular flexibility index (Phi) is 12.5. The molecule has 0 fully saturated rings. The summed E-state index contributed by atoms with van der Waals surface area (Å²) in [6.45, 7) is 9.20. The maximum atomic E-state index is 13.1. The number of carbonyl (C=O) groups is 2. The van der Waals surface area contributed by atoms with Crippen LogP contribution in [-0.4, -0.2) is 86.0 Å². The predicted molar refractivity (Wildman–Crippen MR) is 238 cm³/mol. The first-order valence-electron chi connectivity index (χ1n) is 19.1. The van der Waals surface area contributed by atoms with Crippen molar-refractivity contribution in [3.8, 4) is 11.3 Å². The summed E-state index contributed by atoms with van der Waals surface area (Å²) in [5.74, 6) is -0.0832. The molecule has 0 aliphatic carbocycles. The molecule has 0 saturated carbocycles. The number of ketones is 2. The summed E-state index contributed by atoms with van der Waals surface area (Å²) in [5, 5.41) is 33.0. The number of benzene rings is 2. The van der Waals surface area contributed by atoms with Crippen LogP contribution in [0.1, 0.15) is 43.5 Å².